The summed E-state index contributed by atoms with van der Waals surface area (Å²) in [6, 6.07) is 16.0. The quantitative estimate of drug-likeness (QED) is 0.128. The first-order valence-corrected chi connectivity index (χ1v) is 23.6. The first kappa shape index (κ1) is 49.0. The van der Waals surface area contributed by atoms with Gasteiger partial charge in [0.1, 0.15) is 41.6 Å². The number of hydrogen-bond acceptors (Lipinski definition) is 12. The zero-order valence-corrected chi connectivity index (χ0v) is 40.6. The zero-order chi connectivity index (χ0) is 48.4. The molecule has 3 fully saturated rings. The normalized spacial score (nSPS) is 24.2. The van der Waals surface area contributed by atoms with Gasteiger partial charge >= 0.3 is 0 Å². The number of pyridine rings is 1. The number of nitrogens with zero attached hydrogens (tertiary/aromatic N) is 6. The van der Waals surface area contributed by atoms with Gasteiger partial charge in [0, 0.05) is 85.0 Å². The molecule has 356 valence electrons. The lowest BCUT2D eigenvalue weighted by molar-refractivity contribution is -0.164. The molecule has 0 spiro atoms. The van der Waals surface area contributed by atoms with Gasteiger partial charge in [-0.3, -0.25) is 19.3 Å². The average molecular weight is 935 g/mol. The summed E-state index contributed by atoms with van der Waals surface area (Å²) < 4.78 is 11.9. The van der Waals surface area contributed by atoms with E-state index in [4.69, 9.17) is 26.1 Å². The van der Waals surface area contributed by atoms with Crippen molar-refractivity contribution in [2.75, 3.05) is 51.3 Å². The van der Waals surface area contributed by atoms with Crippen LogP contribution in [0, 0.1) is 38.9 Å². The number of aliphatic hydroxyl groups is 1. The van der Waals surface area contributed by atoms with Crippen molar-refractivity contribution in [3.05, 3.63) is 93.8 Å². The van der Waals surface area contributed by atoms with E-state index in [1.54, 1.807) is 42.6 Å². The summed E-state index contributed by atoms with van der Waals surface area (Å²) in [5.74, 6) is 1.17. The van der Waals surface area contributed by atoms with Crippen molar-refractivity contribution < 1.29 is 29.0 Å². The summed E-state index contributed by atoms with van der Waals surface area (Å²) in [6.45, 7) is 18.7. The molecule has 1 aromatic heterocycles. The lowest BCUT2D eigenvalue weighted by Crippen LogP contribution is -2.74. The van der Waals surface area contributed by atoms with Gasteiger partial charge in [0.15, 0.2) is 0 Å². The number of allylic oxidation sites excluding steroid dienone is 1. The number of β-amino-alcohol motifs (C(OH)–C–C–N with tert-alkyl or cyclic N) is 1. The number of aromatic nitrogens is 1. The minimum absolute atomic E-state index is 0.0802. The van der Waals surface area contributed by atoms with Gasteiger partial charge in [-0.05, 0) is 69.1 Å². The molecule has 2 aromatic carbocycles. The number of anilines is 1. The molecule has 4 aliphatic rings. The first-order chi connectivity index (χ1) is 31.8. The number of benzene rings is 2. The van der Waals surface area contributed by atoms with E-state index >= 15 is 0 Å². The molecule has 4 heterocycles. The van der Waals surface area contributed by atoms with Crippen LogP contribution >= 0.6 is 11.6 Å². The number of nitrogens with one attached hydrogen (secondary N) is 3. The Hall–Kier alpha value is -5.87. The number of piperazine rings is 1. The third-order valence-corrected chi connectivity index (χ3v) is 14.5. The molecule has 1 saturated carbocycles. The third kappa shape index (κ3) is 10.3. The topological polar surface area (TPSA) is 196 Å². The van der Waals surface area contributed by atoms with Gasteiger partial charge < -0.3 is 40.3 Å². The molecule has 16 heteroatoms. The molecule has 4 N–H and O–H groups in total. The van der Waals surface area contributed by atoms with Crippen molar-refractivity contribution in [1.82, 2.24) is 30.7 Å². The molecule has 3 aliphatic heterocycles. The Kier molecular flexibility index (Phi) is 14.5. The summed E-state index contributed by atoms with van der Waals surface area (Å²) in [6.07, 6.45) is 5.65. The monoisotopic (exact) mass is 933 g/mol. The van der Waals surface area contributed by atoms with Gasteiger partial charge in [-0.2, -0.15) is 10.5 Å². The number of methoxy groups -OCH3 is 1. The van der Waals surface area contributed by atoms with Gasteiger partial charge in [0.25, 0.3) is 5.91 Å². The van der Waals surface area contributed by atoms with Crippen molar-refractivity contribution >= 4 is 35.1 Å². The highest BCUT2D eigenvalue weighted by atomic mass is 35.5. The number of rotatable bonds is 15. The van der Waals surface area contributed by atoms with Crippen molar-refractivity contribution in [2.24, 2.45) is 16.2 Å². The highest BCUT2D eigenvalue weighted by molar-refractivity contribution is 6.31. The van der Waals surface area contributed by atoms with Crippen LogP contribution in [0.4, 0.5) is 5.82 Å². The maximum Gasteiger partial charge on any atom is 0.253 e. The lowest BCUT2D eigenvalue weighted by Gasteiger charge is -2.63. The van der Waals surface area contributed by atoms with E-state index in [9.17, 15) is 30.0 Å². The van der Waals surface area contributed by atoms with E-state index in [0.717, 1.165) is 63.5 Å². The van der Waals surface area contributed by atoms with E-state index in [2.05, 4.69) is 71.7 Å². The number of halogens is 1. The maximum absolute atomic E-state index is 14.1. The molecule has 7 rings (SSSR count). The van der Waals surface area contributed by atoms with E-state index < -0.39 is 29.6 Å². The number of nitriles is 2. The molecule has 67 heavy (non-hydrogen) atoms. The molecule has 0 radical (unpaired) electrons. The Labute approximate surface area is 399 Å². The van der Waals surface area contributed by atoms with Crippen LogP contribution in [-0.2, 0) is 9.59 Å². The Balaban J connectivity index is 0.833. The van der Waals surface area contributed by atoms with Crippen LogP contribution in [0.3, 0.4) is 0 Å². The number of unbranched alkanes of at least 4 members (excludes halogenated alkanes) is 1. The molecule has 0 unspecified atom stereocenters. The first-order valence-electron chi connectivity index (χ1n) is 23.2. The van der Waals surface area contributed by atoms with Crippen molar-refractivity contribution in [3.8, 4) is 23.6 Å². The Morgan fingerprint density at radius 3 is 2.36 bits per heavy atom. The summed E-state index contributed by atoms with van der Waals surface area (Å²) in [7, 11) is 1.51. The second-order valence-corrected chi connectivity index (χ2v) is 20.7. The van der Waals surface area contributed by atoms with Crippen molar-refractivity contribution in [3.63, 3.8) is 0 Å². The van der Waals surface area contributed by atoms with Gasteiger partial charge in [0.2, 0.25) is 11.8 Å². The molecule has 2 saturated heterocycles. The zero-order valence-electron chi connectivity index (χ0n) is 39.9. The number of likely N-dealkylation sites (tertiary alicyclic amines) is 1. The minimum atomic E-state index is -0.823. The van der Waals surface area contributed by atoms with Crippen LogP contribution in [0.1, 0.15) is 107 Å². The highest BCUT2D eigenvalue weighted by Crippen LogP contribution is 2.55. The second kappa shape index (κ2) is 19.8. The van der Waals surface area contributed by atoms with E-state index in [0.29, 0.717) is 38.8 Å². The van der Waals surface area contributed by atoms with Crippen LogP contribution in [0.25, 0.3) is 0 Å². The number of hydrogen-bond donors (Lipinski definition) is 4. The number of ether oxygens (including phenoxy) is 2. The number of carbonyl (C=O) groups excluding carboxylic acids is 3. The van der Waals surface area contributed by atoms with Crippen molar-refractivity contribution in [2.45, 2.75) is 111 Å². The Morgan fingerprint density at radius 1 is 0.985 bits per heavy atom. The molecular formula is C51H64ClN9O6. The van der Waals surface area contributed by atoms with Crippen LogP contribution in [-0.4, -0.2) is 114 Å². The Morgan fingerprint density at radius 2 is 1.72 bits per heavy atom. The minimum Gasteiger partial charge on any atom is -0.496 e. The van der Waals surface area contributed by atoms with Gasteiger partial charge in [-0.1, -0.05) is 65.3 Å². The van der Waals surface area contributed by atoms with E-state index in [-0.39, 0.29) is 53.7 Å². The summed E-state index contributed by atoms with van der Waals surface area (Å²) in [5, 5.41) is 39.2. The van der Waals surface area contributed by atoms with Crippen molar-refractivity contribution in [1.29, 1.82) is 10.5 Å². The largest absolute Gasteiger partial charge is 0.496 e. The predicted molar refractivity (Wildman–Crippen MR) is 255 cm³/mol. The standard InChI is InChI=1S/C51H64ClN9O6/c1-31(38-16-12-32(27-53)23-41(38)66-8)56-45(64)40-24-36(62)30-61(40)46(65)43-49(2,3)26-35(57-43)11-9-10-18-59-19-21-60(22-20-59)42-17-14-34(29-55-42)44(63)58-47-50(4,5)48(51(47,6)7)67-37-15-13-33(28-54)39(52)25-37/h12-17,23,25-26,29,31,36,40,43,47-48,57,62H,9-11,18-22,24,30H2,1-8H3,(H,56,64)(H,58,63)/t31-,36+,40-,43+,47-,48-/m0/s1. The molecule has 3 amide bonds. The smallest absolute Gasteiger partial charge is 0.253 e. The number of amides is 3. The predicted octanol–water partition coefficient (Wildman–Crippen LogP) is 6.11. The number of carbonyl (C=O) groups is 3. The molecule has 3 aromatic rings. The van der Waals surface area contributed by atoms with Crippen LogP contribution < -0.4 is 30.3 Å². The molecular weight excluding hydrogens is 870 g/mol. The SMILES string of the molecule is COc1cc(C#N)ccc1[C@H](C)NC(=O)[C@@H]1C[C@@H](O)CN1C(=O)[C@H]1NC(CCCCN2CCN(c3ccc(C(=O)N[C@H]4C(C)(C)[C@H](Oc5ccc(C#N)c(Cl)c5)C4(C)C)cn3)CC2)=CC1(C)C. The average Bonchev–Trinajstić information content (AvgIpc) is 3.86. The maximum atomic E-state index is 14.1. The third-order valence-electron chi connectivity index (χ3n) is 14.2. The highest BCUT2D eigenvalue weighted by Gasteiger charge is 2.64. The fourth-order valence-corrected chi connectivity index (χ4v) is 11.0. The molecule has 1 aliphatic carbocycles. The van der Waals surface area contributed by atoms with Crippen LogP contribution in [0.5, 0.6) is 11.5 Å². The number of aliphatic hydroxyl groups excluding tert-OH is 1. The van der Waals surface area contributed by atoms with Gasteiger partial charge in [-0.25, -0.2) is 4.98 Å². The van der Waals surface area contributed by atoms with E-state index in [1.165, 1.54) is 12.0 Å². The summed E-state index contributed by atoms with van der Waals surface area (Å²) in [5.41, 5.74) is 1.81. The molecule has 0 bridgehead atoms. The summed E-state index contributed by atoms with van der Waals surface area (Å²) >= 11 is 6.26. The Bertz CT molecular complexity index is 2440. The fraction of sp³-hybridized carbons (Fsp3) is 0.529. The van der Waals surface area contributed by atoms with Gasteiger partial charge in [-0.15, -0.1) is 0 Å². The molecule has 15 nitrogen and oxygen atoms in total. The fourth-order valence-electron chi connectivity index (χ4n) is 10.8. The molecule has 4 atom stereocenters. The lowest BCUT2D eigenvalue weighted by atomic mass is 9.49. The van der Waals surface area contributed by atoms with Gasteiger partial charge in [0.05, 0.1) is 47.0 Å². The van der Waals surface area contributed by atoms with Crippen LogP contribution in [0.15, 0.2) is 66.5 Å². The van der Waals surface area contributed by atoms with Crippen LogP contribution in [0.2, 0.25) is 5.02 Å². The summed E-state index contributed by atoms with van der Waals surface area (Å²) in [4.78, 5) is 52.2. The van der Waals surface area contributed by atoms with E-state index in [1.807, 2.05) is 32.9 Å². The second-order valence-electron chi connectivity index (χ2n) is 20.3.